The second-order valence-electron chi connectivity index (χ2n) is 3.61. The van der Waals surface area contributed by atoms with Crippen molar-refractivity contribution in [2.45, 2.75) is 6.18 Å². The first kappa shape index (κ1) is 12.3. The summed E-state index contributed by atoms with van der Waals surface area (Å²) in [5.41, 5.74) is 0.437. The van der Waals surface area contributed by atoms with Crippen LogP contribution in [0.1, 0.15) is 5.56 Å². The molecule has 0 atom stereocenters. The van der Waals surface area contributed by atoms with Crippen LogP contribution in [0, 0.1) is 0 Å². The van der Waals surface area contributed by atoms with Gasteiger partial charge in [0, 0.05) is 12.6 Å². The average Bonchev–Trinajstić information content (AvgIpc) is 2.38. The molecule has 0 bridgehead atoms. The van der Waals surface area contributed by atoms with Crippen LogP contribution < -0.4 is 5.32 Å². The molecule has 0 amide bonds. The molecule has 0 spiro atoms. The molecule has 94 valence electrons. The van der Waals surface area contributed by atoms with Crippen LogP contribution in [0.25, 0.3) is 11.3 Å². The molecule has 2 aromatic rings. The number of aromatic nitrogens is 2. The summed E-state index contributed by atoms with van der Waals surface area (Å²) in [4.78, 5) is 8.15. The van der Waals surface area contributed by atoms with Gasteiger partial charge in [-0.25, -0.2) is 4.98 Å². The summed E-state index contributed by atoms with van der Waals surface area (Å²) in [6, 6.07) is 4.82. The first-order valence-electron chi connectivity index (χ1n) is 5.18. The third-order valence-corrected chi connectivity index (χ3v) is 2.40. The van der Waals surface area contributed by atoms with Crippen LogP contribution in [-0.4, -0.2) is 17.0 Å². The number of nitrogens with zero attached hydrogens (tertiary/aromatic N) is 2. The Balaban J connectivity index is 2.34. The van der Waals surface area contributed by atoms with Crippen molar-refractivity contribution in [3.63, 3.8) is 0 Å². The maximum atomic E-state index is 12.4. The summed E-state index contributed by atoms with van der Waals surface area (Å²) in [6.07, 6.45) is -1.28. The van der Waals surface area contributed by atoms with Crippen molar-refractivity contribution in [1.82, 2.24) is 9.97 Å². The molecule has 0 radical (unpaired) electrons. The van der Waals surface area contributed by atoms with Crippen molar-refractivity contribution in [1.29, 1.82) is 0 Å². The van der Waals surface area contributed by atoms with Gasteiger partial charge >= 0.3 is 6.18 Å². The van der Waals surface area contributed by atoms with E-state index in [1.54, 1.807) is 7.05 Å². The highest BCUT2D eigenvalue weighted by atomic mass is 19.4. The lowest BCUT2D eigenvalue weighted by Gasteiger charge is -2.07. The zero-order valence-corrected chi connectivity index (χ0v) is 9.49. The maximum absolute atomic E-state index is 12.4. The third-order valence-electron chi connectivity index (χ3n) is 2.40. The first-order chi connectivity index (χ1) is 8.50. The van der Waals surface area contributed by atoms with E-state index in [1.165, 1.54) is 24.5 Å². The normalized spacial score (nSPS) is 11.3. The van der Waals surface area contributed by atoms with Crippen molar-refractivity contribution >= 4 is 5.82 Å². The second kappa shape index (κ2) is 4.64. The molecule has 1 aromatic heterocycles. The standard InChI is InChI=1S/C12H10F3N3/c1-16-11-7-17-6-10(18-11)8-2-4-9(5-3-8)12(13,14)15/h2-7H,1H3,(H,16,18). The SMILES string of the molecule is CNc1cncc(-c2ccc(C(F)(F)F)cc2)n1. The number of nitrogens with one attached hydrogen (secondary N) is 1. The van der Waals surface area contributed by atoms with Gasteiger partial charge in [0.25, 0.3) is 0 Å². The minimum Gasteiger partial charge on any atom is -0.372 e. The van der Waals surface area contributed by atoms with Gasteiger partial charge in [0.15, 0.2) is 0 Å². The average molecular weight is 253 g/mol. The number of hydrogen-bond acceptors (Lipinski definition) is 3. The van der Waals surface area contributed by atoms with Crippen molar-refractivity contribution < 1.29 is 13.2 Å². The third kappa shape index (κ3) is 2.58. The summed E-state index contributed by atoms with van der Waals surface area (Å²) < 4.78 is 37.2. The Hall–Kier alpha value is -2.11. The Labute approximate surface area is 102 Å². The lowest BCUT2D eigenvalue weighted by Crippen LogP contribution is -2.04. The molecule has 1 heterocycles. The molecule has 0 aliphatic carbocycles. The van der Waals surface area contributed by atoms with Crippen LogP contribution in [-0.2, 0) is 6.18 Å². The molecule has 0 saturated heterocycles. The number of rotatable bonds is 2. The zero-order chi connectivity index (χ0) is 13.2. The van der Waals surface area contributed by atoms with Crippen molar-refractivity contribution in [3.8, 4) is 11.3 Å². The van der Waals surface area contributed by atoms with Gasteiger partial charge in [-0.1, -0.05) is 12.1 Å². The minimum absolute atomic E-state index is 0.524. The number of halogens is 3. The van der Waals surface area contributed by atoms with Crippen LogP contribution >= 0.6 is 0 Å². The van der Waals surface area contributed by atoms with Crippen LogP contribution in [0.3, 0.4) is 0 Å². The Morgan fingerprint density at radius 3 is 2.28 bits per heavy atom. The van der Waals surface area contributed by atoms with Gasteiger partial charge in [-0.3, -0.25) is 4.98 Å². The highest BCUT2D eigenvalue weighted by Crippen LogP contribution is 2.30. The molecule has 0 aliphatic heterocycles. The molecule has 3 nitrogen and oxygen atoms in total. The smallest absolute Gasteiger partial charge is 0.372 e. The number of anilines is 1. The molecule has 2 rings (SSSR count). The van der Waals surface area contributed by atoms with Gasteiger partial charge in [-0.05, 0) is 12.1 Å². The summed E-state index contributed by atoms with van der Waals surface area (Å²) in [6.45, 7) is 0. The topological polar surface area (TPSA) is 37.8 Å². The lowest BCUT2D eigenvalue weighted by atomic mass is 10.1. The molecular formula is C12H10F3N3. The Morgan fingerprint density at radius 1 is 1.06 bits per heavy atom. The van der Waals surface area contributed by atoms with E-state index in [0.29, 0.717) is 17.1 Å². The predicted molar refractivity (Wildman–Crippen MR) is 62.0 cm³/mol. The quantitative estimate of drug-likeness (QED) is 0.893. The summed E-state index contributed by atoms with van der Waals surface area (Å²) in [7, 11) is 1.69. The van der Waals surface area contributed by atoms with E-state index in [0.717, 1.165) is 12.1 Å². The van der Waals surface area contributed by atoms with Gasteiger partial charge in [0.2, 0.25) is 0 Å². The van der Waals surface area contributed by atoms with E-state index < -0.39 is 11.7 Å². The van der Waals surface area contributed by atoms with E-state index in [-0.39, 0.29) is 0 Å². The fourth-order valence-corrected chi connectivity index (χ4v) is 1.46. The van der Waals surface area contributed by atoms with Crippen LogP contribution in [0.4, 0.5) is 19.0 Å². The molecule has 0 saturated carbocycles. The summed E-state index contributed by atoms with van der Waals surface area (Å²) in [5.74, 6) is 0.562. The van der Waals surface area contributed by atoms with Gasteiger partial charge < -0.3 is 5.32 Å². The van der Waals surface area contributed by atoms with Gasteiger partial charge in [0.1, 0.15) is 5.82 Å². The highest BCUT2D eigenvalue weighted by molar-refractivity contribution is 5.60. The van der Waals surface area contributed by atoms with Crippen LogP contribution in [0.2, 0.25) is 0 Å². The Morgan fingerprint density at radius 2 is 1.72 bits per heavy atom. The monoisotopic (exact) mass is 253 g/mol. The Bertz CT molecular complexity index is 535. The second-order valence-corrected chi connectivity index (χ2v) is 3.61. The number of alkyl halides is 3. The number of benzene rings is 1. The molecule has 0 aliphatic rings. The van der Waals surface area contributed by atoms with E-state index in [2.05, 4.69) is 15.3 Å². The lowest BCUT2D eigenvalue weighted by molar-refractivity contribution is -0.137. The minimum atomic E-state index is -4.32. The number of hydrogen-bond donors (Lipinski definition) is 1. The molecule has 1 aromatic carbocycles. The Kier molecular flexibility index (Phi) is 3.18. The molecule has 0 unspecified atom stereocenters. The first-order valence-corrected chi connectivity index (χ1v) is 5.18. The summed E-state index contributed by atoms with van der Waals surface area (Å²) in [5, 5.41) is 2.82. The van der Waals surface area contributed by atoms with Crippen molar-refractivity contribution in [3.05, 3.63) is 42.2 Å². The van der Waals surface area contributed by atoms with E-state index in [1.807, 2.05) is 0 Å². The van der Waals surface area contributed by atoms with E-state index >= 15 is 0 Å². The van der Waals surface area contributed by atoms with Gasteiger partial charge in [-0.15, -0.1) is 0 Å². The summed E-state index contributed by atoms with van der Waals surface area (Å²) >= 11 is 0. The van der Waals surface area contributed by atoms with Crippen molar-refractivity contribution in [2.24, 2.45) is 0 Å². The molecule has 18 heavy (non-hydrogen) atoms. The molecule has 6 heteroatoms. The van der Waals surface area contributed by atoms with Gasteiger partial charge in [-0.2, -0.15) is 13.2 Å². The largest absolute Gasteiger partial charge is 0.416 e. The predicted octanol–water partition coefficient (Wildman–Crippen LogP) is 3.20. The van der Waals surface area contributed by atoms with Crippen molar-refractivity contribution in [2.75, 3.05) is 12.4 Å². The van der Waals surface area contributed by atoms with Gasteiger partial charge in [0.05, 0.1) is 23.7 Å². The fraction of sp³-hybridized carbons (Fsp3) is 0.167. The van der Waals surface area contributed by atoms with E-state index in [9.17, 15) is 13.2 Å². The molecule has 0 fully saturated rings. The molecular weight excluding hydrogens is 243 g/mol. The van der Waals surface area contributed by atoms with Crippen LogP contribution in [0.15, 0.2) is 36.7 Å². The van der Waals surface area contributed by atoms with Crippen LogP contribution in [0.5, 0.6) is 0 Å². The molecule has 1 N–H and O–H groups in total. The zero-order valence-electron chi connectivity index (χ0n) is 9.49. The highest BCUT2D eigenvalue weighted by Gasteiger charge is 2.29. The maximum Gasteiger partial charge on any atom is 0.416 e. The fourth-order valence-electron chi connectivity index (χ4n) is 1.46. The van der Waals surface area contributed by atoms with E-state index in [4.69, 9.17) is 0 Å².